The van der Waals surface area contributed by atoms with Crippen molar-refractivity contribution in [1.29, 1.82) is 0 Å². The molecule has 36 heavy (non-hydrogen) atoms. The Bertz CT molecular complexity index is 1430. The minimum Gasteiger partial charge on any atom is -0.508 e. The van der Waals surface area contributed by atoms with Gasteiger partial charge in [0.25, 0.3) is 0 Å². The molecule has 1 aromatic heterocycles. The predicted octanol–water partition coefficient (Wildman–Crippen LogP) is 6.95. The van der Waals surface area contributed by atoms with Crippen LogP contribution in [0.4, 0.5) is 8.78 Å². The summed E-state index contributed by atoms with van der Waals surface area (Å²) in [6.45, 7) is 1.99. The zero-order valence-electron chi connectivity index (χ0n) is 19.8. The van der Waals surface area contributed by atoms with E-state index in [0.717, 1.165) is 39.5 Å². The third-order valence-corrected chi connectivity index (χ3v) is 6.62. The number of halogens is 2. The highest BCUT2D eigenvalue weighted by atomic mass is 19.1. The fraction of sp³-hybridized carbons (Fsp3) is 0.200. The van der Waals surface area contributed by atoms with E-state index in [-0.39, 0.29) is 30.8 Å². The molecular formula is C30H25F2NO3. The smallest absolute Gasteiger partial charge is 0.137 e. The van der Waals surface area contributed by atoms with Gasteiger partial charge in [0.1, 0.15) is 29.4 Å². The van der Waals surface area contributed by atoms with Crippen molar-refractivity contribution < 1.29 is 23.2 Å². The Balaban J connectivity index is 1.44. The van der Waals surface area contributed by atoms with Crippen molar-refractivity contribution in [2.45, 2.75) is 38.5 Å². The number of benzene rings is 3. The summed E-state index contributed by atoms with van der Waals surface area (Å²) in [4.78, 5) is 13.3. The molecule has 1 aliphatic rings. The Labute approximate surface area is 207 Å². The lowest BCUT2D eigenvalue weighted by Crippen LogP contribution is -2.12. The Morgan fingerprint density at radius 1 is 1.03 bits per heavy atom. The van der Waals surface area contributed by atoms with E-state index in [2.05, 4.69) is 5.16 Å². The molecule has 6 heteroatoms. The lowest BCUT2D eigenvalue weighted by atomic mass is 9.86. The van der Waals surface area contributed by atoms with Gasteiger partial charge in [-0.3, -0.25) is 4.79 Å². The summed E-state index contributed by atoms with van der Waals surface area (Å²) in [7, 11) is 0. The van der Waals surface area contributed by atoms with E-state index in [1.807, 2.05) is 43.3 Å². The standard InChI is InChI=1S/C30H25F2NO3/c1-18-2-4-21(5-3-18)29-17-36-33-30(29)23(10-19-11-24(31)15-25(32)12-19)14-27(35)13-22-7-6-20-8-9-26(34)16-28(20)22/h2-5,7-9,11-12,15-17,23,34H,6,10,13-14H2,1H3/t23-/m0/s1. The lowest BCUT2D eigenvalue weighted by molar-refractivity contribution is -0.118. The number of allylic oxidation sites excluding steroid dienone is 2. The number of Topliss-reactive ketones (excluding diaryl/α,β-unsaturated/α-hetero) is 1. The van der Waals surface area contributed by atoms with Gasteiger partial charge in [-0.05, 0) is 71.9 Å². The number of aromatic hydroxyl groups is 1. The molecule has 0 saturated carbocycles. The molecule has 0 fully saturated rings. The first-order chi connectivity index (χ1) is 17.4. The molecule has 1 aliphatic carbocycles. The lowest BCUT2D eigenvalue weighted by Gasteiger charge is -2.17. The Kier molecular flexibility index (Phi) is 6.51. The highest BCUT2D eigenvalue weighted by Gasteiger charge is 2.26. The minimum atomic E-state index is -0.665. The topological polar surface area (TPSA) is 63.3 Å². The molecule has 0 radical (unpaired) electrons. The van der Waals surface area contributed by atoms with Crippen molar-refractivity contribution in [2.75, 3.05) is 0 Å². The van der Waals surface area contributed by atoms with E-state index < -0.39 is 17.6 Å². The van der Waals surface area contributed by atoms with Crippen LogP contribution in [0.25, 0.3) is 16.7 Å². The molecule has 1 N–H and O–H groups in total. The van der Waals surface area contributed by atoms with Crippen LogP contribution in [0.5, 0.6) is 5.75 Å². The maximum Gasteiger partial charge on any atom is 0.137 e. The van der Waals surface area contributed by atoms with Gasteiger partial charge in [-0.15, -0.1) is 0 Å². The van der Waals surface area contributed by atoms with Crippen LogP contribution in [0.15, 0.2) is 77.5 Å². The first-order valence-electron chi connectivity index (χ1n) is 11.8. The maximum absolute atomic E-state index is 13.9. The maximum atomic E-state index is 13.9. The summed E-state index contributed by atoms with van der Waals surface area (Å²) in [6.07, 6.45) is 4.81. The number of hydrogen-bond donors (Lipinski definition) is 1. The highest BCUT2D eigenvalue weighted by Crippen LogP contribution is 2.36. The number of fused-ring (bicyclic) bond motifs is 1. The third kappa shape index (κ3) is 5.13. The Morgan fingerprint density at radius 3 is 2.53 bits per heavy atom. The van der Waals surface area contributed by atoms with Crippen molar-refractivity contribution in [3.8, 4) is 16.9 Å². The predicted molar refractivity (Wildman–Crippen MR) is 134 cm³/mol. The number of phenols is 1. The van der Waals surface area contributed by atoms with Gasteiger partial charge in [-0.1, -0.05) is 47.1 Å². The third-order valence-electron chi connectivity index (χ3n) is 6.62. The highest BCUT2D eigenvalue weighted by molar-refractivity contribution is 5.92. The van der Waals surface area contributed by atoms with Crippen molar-refractivity contribution in [3.05, 3.63) is 113 Å². The molecule has 0 bridgehead atoms. The number of hydrogen-bond acceptors (Lipinski definition) is 4. The molecule has 182 valence electrons. The number of ketones is 1. The van der Waals surface area contributed by atoms with E-state index in [1.54, 1.807) is 18.4 Å². The molecule has 1 atom stereocenters. The zero-order valence-corrected chi connectivity index (χ0v) is 19.8. The van der Waals surface area contributed by atoms with Crippen LogP contribution in [0, 0.1) is 18.6 Å². The Morgan fingerprint density at radius 2 is 1.78 bits per heavy atom. The van der Waals surface area contributed by atoms with E-state index in [9.17, 15) is 18.7 Å². The number of rotatable bonds is 8. The van der Waals surface area contributed by atoms with Crippen molar-refractivity contribution >= 4 is 11.4 Å². The molecular weight excluding hydrogens is 460 g/mol. The van der Waals surface area contributed by atoms with Gasteiger partial charge in [0.15, 0.2) is 0 Å². The summed E-state index contributed by atoms with van der Waals surface area (Å²) in [5, 5.41) is 14.1. The van der Waals surface area contributed by atoms with Crippen LogP contribution >= 0.6 is 0 Å². The van der Waals surface area contributed by atoms with Crippen molar-refractivity contribution in [2.24, 2.45) is 0 Å². The zero-order chi connectivity index (χ0) is 25.2. The van der Waals surface area contributed by atoms with E-state index in [0.29, 0.717) is 17.7 Å². The summed E-state index contributed by atoms with van der Waals surface area (Å²) >= 11 is 0. The Hall–Kier alpha value is -4.06. The van der Waals surface area contributed by atoms with E-state index >= 15 is 0 Å². The van der Waals surface area contributed by atoms with Crippen LogP contribution in [0.2, 0.25) is 0 Å². The van der Waals surface area contributed by atoms with Crippen LogP contribution in [0.3, 0.4) is 0 Å². The summed E-state index contributed by atoms with van der Waals surface area (Å²) in [5.74, 6) is -1.65. The average molecular weight is 486 g/mol. The summed E-state index contributed by atoms with van der Waals surface area (Å²) in [6, 6.07) is 16.5. The molecule has 0 spiro atoms. The molecule has 0 saturated heterocycles. The minimum absolute atomic E-state index is 0.0304. The SMILES string of the molecule is Cc1ccc(-c2conc2[C@H](CC(=O)CC2=CCc3ccc(O)cc32)Cc2cc(F)cc(F)c2)cc1. The van der Waals surface area contributed by atoms with Gasteiger partial charge in [-0.2, -0.15) is 0 Å². The molecule has 4 aromatic rings. The quantitative estimate of drug-likeness (QED) is 0.293. The molecule has 1 heterocycles. The number of phenolic OH excluding ortho intramolecular Hbond substituents is 1. The second-order valence-corrected chi connectivity index (χ2v) is 9.35. The van der Waals surface area contributed by atoms with Gasteiger partial charge in [-0.25, -0.2) is 8.78 Å². The fourth-order valence-electron chi connectivity index (χ4n) is 4.88. The number of carbonyl (C=O) groups is 1. The van der Waals surface area contributed by atoms with Crippen molar-refractivity contribution in [3.63, 3.8) is 0 Å². The number of carbonyl (C=O) groups excluding carboxylic acids is 1. The normalized spacial score (nSPS) is 13.4. The summed E-state index contributed by atoms with van der Waals surface area (Å²) < 4.78 is 33.2. The first kappa shape index (κ1) is 23.7. The monoisotopic (exact) mass is 485 g/mol. The molecule has 0 amide bonds. The van der Waals surface area contributed by atoms with Gasteiger partial charge in [0.2, 0.25) is 0 Å². The second-order valence-electron chi connectivity index (χ2n) is 9.35. The van der Waals surface area contributed by atoms with Crippen LogP contribution in [-0.4, -0.2) is 16.0 Å². The van der Waals surface area contributed by atoms with Crippen LogP contribution in [-0.2, 0) is 17.6 Å². The fourth-order valence-corrected chi connectivity index (χ4v) is 4.88. The molecule has 5 rings (SSSR count). The molecule has 4 nitrogen and oxygen atoms in total. The molecule has 0 aliphatic heterocycles. The molecule has 0 unspecified atom stereocenters. The number of aromatic nitrogens is 1. The van der Waals surface area contributed by atoms with Crippen molar-refractivity contribution in [1.82, 2.24) is 5.16 Å². The number of nitrogens with zero attached hydrogens (tertiary/aromatic N) is 1. The van der Waals surface area contributed by atoms with Crippen LogP contribution in [0.1, 0.15) is 46.7 Å². The first-order valence-corrected chi connectivity index (χ1v) is 11.8. The number of aryl methyl sites for hydroxylation is 1. The van der Waals surface area contributed by atoms with Gasteiger partial charge < -0.3 is 9.63 Å². The molecule has 3 aromatic carbocycles. The van der Waals surface area contributed by atoms with Gasteiger partial charge in [0, 0.05) is 30.4 Å². The summed E-state index contributed by atoms with van der Waals surface area (Å²) in [5.41, 5.74) is 6.60. The largest absolute Gasteiger partial charge is 0.508 e. The van der Waals surface area contributed by atoms with Crippen LogP contribution < -0.4 is 0 Å². The average Bonchev–Trinajstić information content (AvgIpc) is 3.46. The van der Waals surface area contributed by atoms with Gasteiger partial charge >= 0.3 is 0 Å². The second kappa shape index (κ2) is 9.90. The van der Waals surface area contributed by atoms with E-state index in [1.165, 1.54) is 12.1 Å². The van der Waals surface area contributed by atoms with E-state index in [4.69, 9.17) is 4.52 Å². The van der Waals surface area contributed by atoms with Gasteiger partial charge in [0.05, 0.1) is 5.69 Å².